The molecule has 0 unspecified atom stereocenters. The predicted octanol–water partition coefficient (Wildman–Crippen LogP) is 2.70. The highest BCUT2D eigenvalue weighted by atomic mass is 15.0. The Bertz CT molecular complexity index is 383. The number of nitrogens with one attached hydrogen (secondary N) is 1. The summed E-state index contributed by atoms with van der Waals surface area (Å²) in [7, 11) is 0. The molecule has 1 aliphatic rings. The predicted molar refractivity (Wildman–Crippen MR) is 59.4 cm³/mol. The number of nitriles is 1. The first-order valence-corrected chi connectivity index (χ1v) is 5.42. The van der Waals surface area contributed by atoms with Crippen LogP contribution in [0.1, 0.15) is 38.3 Å². The number of hydrogen-bond donors (Lipinski definition) is 1. The van der Waals surface area contributed by atoms with Crippen LogP contribution in [0.4, 0.5) is 5.69 Å². The molecule has 3 nitrogen and oxygen atoms in total. The second-order valence-corrected chi connectivity index (χ2v) is 4.15. The van der Waals surface area contributed by atoms with Crippen molar-refractivity contribution >= 4 is 5.69 Å². The van der Waals surface area contributed by atoms with Gasteiger partial charge >= 0.3 is 0 Å². The van der Waals surface area contributed by atoms with Crippen molar-refractivity contribution in [3.8, 4) is 6.07 Å². The minimum atomic E-state index is 0.272. The molecule has 0 amide bonds. The Morgan fingerprint density at radius 1 is 1.60 bits per heavy atom. The SMILES string of the molecule is CCC1(Nc2ccnc(C#N)c2)CCC1. The van der Waals surface area contributed by atoms with Crippen LogP contribution in [-0.2, 0) is 0 Å². The topological polar surface area (TPSA) is 48.7 Å². The van der Waals surface area contributed by atoms with Crippen molar-refractivity contribution in [3.63, 3.8) is 0 Å². The maximum Gasteiger partial charge on any atom is 0.142 e. The van der Waals surface area contributed by atoms with E-state index in [1.807, 2.05) is 12.1 Å². The molecule has 1 aromatic rings. The molecule has 78 valence electrons. The van der Waals surface area contributed by atoms with Crippen LogP contribution < -0.4 is 5.32 Å². The van der Waals surface area contributed by atoms with E-state index in [0.717, 1.165) is 12.1 Å². The zero-order valence-corrected chi connectivity index (χ0v) is 8.95. The van der Waals surface area contributed by atoms with Crippen molar-refractivity contribution < 1.29 is 0 Å². The van der Waals surface area contributed by atoms with E-state index >= 15 is 0 Å². The number of rotatable bonds is 3. The molecule has 1 fully saturated rings. The Balaban J connectivity index is 2.13. The highest BCUT2D eigenvalue weighted by molar-refractivity contribution is 5.48. The number of anilines is 1. The fourth-order valence-electron chi connectivity index (χ4n) is 2.05. The van der Waals surface area contributed by atoms with Gasteiger partial charge in [0.1, 0.15) is 11.8 Å². The molecule has 15 heavy (non-hydrogen) atoms. The van der Waals surface area contributed by atoms with Crippen LogP contribution in [0.5, 0.6) is 0 Å². The number of aromatic nitrogens is 1. The zero-order valence-electron chi connectivity index (χ0n) is 8.95. The van der Waals surface area contributed by atoms with E-state index in [1.165, 1.54) is 19.3 Å². The van der Waals surface area contributed by atoms with Gasteiger partial charge in [-0.25, -0.2) is 4.98 Å². The van der Waals surface area contributed by atoms with Gasteiger partial charge in [0.15, 0.2) is 0 Å². The van der Waals surface area contributed by atoms with Gasteiger partial charge < -0.3 is 5.32 Å². The molecule has 0 spiro atoms. The van der Waals surface area contributed by atoms with Gasteiger partial charge in [-0.05, 0) is 37.8 Å². The average Bonchev–Trinajstić information content (AvgIpc) is 2.24. The van der Waals surface area contributed by atoms with Gasteiger partial charge in [-0.2, -0.15) is 5.26 Å². The molecular weight excluding hydrogens is 186 g/mol. The van der Waals surface area contributed by atoms with Crippen LogP contribution in [-0.4, -0.2) is 10.5 Å². The standard InChI is InChI=1S/C12H15N3/c1-2-12(5-3-6-12)15-10-4-7-14-11(8-10)9-13/h4,7-8H,2-3,5-6H2,1H3,(H,14,15). The second kappa shape index (κ2) is 3.90. The van der Waals surface area contributed by atoms with E-state index in [-0.39, 0.29) is 5.54 Å². The smallest absolute Gasteiger partial charge is 0.142 e. The fraction of sp³-hybridized carbons (Fsp3) is 0.500. The molecule has 0 radical (unpaired) electrons. The number of hydrogen-bond acceptors (Lipinski definition) is 3. The molecule has 0 bridgehead atoms. The summed E-state index contributed by atoms with van der Waals surface area (Å²) in [6, 6.07) is 5.80. The minimum Gasteiger partial charge on any atom is -0.379 e. The van der Waals surface area contributed by atoms with Crippen LogP contribution >= 0.6 is 0 Å². The first-order valence-electron chi connectivity index (χ1n) is 5.42. The van der Waals surface area contributed by atoms with Gasteiger partial charge in [0.05, 0.1) is 0 Å². The number of nitrogens with zero attached hydrogens (tertiary/aromatic N) is 2. The van der Waals surface area contributed by atoms with E-state index in [4.69, 9.17) is 5.26 Å². The lowest BCUT2D eigenvalue weighted by Gasteiger charge is -2.42. The van der Waals surface area contributed by atoms with Crippen molar-refractivity contribution in [3.05, 3.63) is 24.0 Å². The van der Waals surface area contributed by atoms with E-state index in [2.05, 4.69) is 23.3 Å². The first kappa shape index (κ1) is 9.97. The van der Waals surface area contributed by atoms with Crippen molar-refractivity contribution in [2.24, 2.45) is 0 Å². The molecule has 0 aromatic carbocycles. The summed E-state index contributed by atoms with van der Waals surface area (Å²) in [5.41, 5.74) is 1.77. The van der Waals surface area contributed by atoms with Gasteiger partial charge in [0, 0.05) is 17.4 Å². The quantitative estimate of drug-likeness (QED) is 0.818. The summed E-state index contributed by atoms with van der Waals surface area (Å²) in [6.45, 7) is 2.21. The van der Waals surface area contributed by atoms with E-state index in [0.29, 0.717) is 5.69 Å². The molecule has 1 saturated carbocycles. The second-order valence-electron chi connectivity index (χ2n) is 4.15. The van der Waals surface area contributed by atoms with E-state index < -0.39 is 0 Å². The summed E-state index contributed by atoms with van der Waals surface area (Å²) < 4.78 is 0. The molecule has 3 heteroatoms. The van der Waals surface area contributed by atoms with Gasteiger partial charge in [-0.1, -0.05) is 6.92 Å². The third-order valence-electron chi connectivity index (χ3n) is 3.27. The first-order chi connectivity index (χ1) is 7.28. The Morgan fingerprint density at radius 2 is 2.40 bits per heavy atom. The molecular formula is C12H15N3. The average molecular weight is 201 g/mol. The van der Waals surface area contributed by atoms with Gasteiger partial charge in [0.2, 0.25) is 0 Å². The number of pyridine rings is 1. The monoisotopic (exact) mass is 201 g/mol. The van der Waals surface area contributed by atoms with Crippen LogP contribution in [0.15, 0.2) is 18.3 Å². The molecule has 1 aliphatic carbocycles. The highest BCUT2D eigenvalue weighted by Gasteiger charge is 2.34. The zero-order chi connectivity index (χ0) is 10.7. The van der Waals surface area contributed by atoms with Gasteiger partial charge in [0.25, 0.3) is 0 Å². The van der Waals surface area contributed by atoms with E-state index in [1.54, 1.807) is 6.20 Å². The van der Waals surface area contributed by atoms with Crippen molar-refractivity contribution in [1.82, 2.24) is 4.98 Å². The fourth-order valence-corrected chi connectivity index (χ4v) is 2.05. The van der Waals surface area contributed by atoms with Crippen LogP contribution in [0.25, 0.3) is 0 Å². The van der Waals surface area contributed by atoms with E-state index in [9.17, 15) is 0 Å². The lowest BCUT2D eigenvalue weighted by atomic mass is 9.74. The Morgan fingerprint density at radius 3 is 2.93 bits per heavy atom. The molecule has 2 rings (SSSR count). The van der Waals surface area contributed by atoms with Crippen molar-refractivity contribution in [1.29, 1.82) is 5.26 Å². The normalized spacial score (nSPS) is 17.6. The molecule has 1 heterocycles. The third kappa shape index (κ3) is 1.94. The lowest BCUT2D eigenvalue weighted by molar-refractivity contribution is 0.269. The van der Waals surface area contributed by atoms with Crippen molar-refractivity contribution in [2.75, 3.05) is 5.32 Å². The summed E-state index contributed by atoms with van der Waals surface area (Å²) in [5, 5.41) is 12.3. The minimum absolute atomic E-state index is 0.272. The molecule has 0 aliphatic heterocycles. The van der Waals surface area contributed by atoms with Crippen molar-refractivity contribution in [2.45, 2.75) is 38.1 Å². The van der Waals surface area contributed by atoms with Crippen LogP contribution in [0.3, 0.4) is 0 Å². The summed E-state index contributed by atoms with van der Waals surface area (Å²) in [6.07, 6.45) is 6.58. The molecule has 1 N–H and O–H groups in total. The Hall–Kier alpha value is -1.56. The lowest BCUT2D eigenvalue weighted by Crippen LogP contribution is -2.44. The van der Waals surface area contributed by atoms with Gasteiger partial charge in [-0.3, -0.25) is 0 Å². The summed E-state index contributed by atoms with van der Waals surface area (Å²) in [4.78, 5) is 3.96. The summed E-state index contributed by atoms with van der Waals surface area (Å²) in [5.74, 6) is 0. The van der Waals surface area contributed by atoms with Crippen LogP contribution in [0, 0.1) is 11.3 Å². The largest absolute Gasteiger partial charge is 0.379 e. The maximum absolute atomic E-state index is 8.75. The van der Waals surface area contributed by atoms with Crippen LogP contribution in [0.2, 0.25) is 0 Å². The Labute approximate surface area is 90.1 Å². The summed E-state index contributed by atoms with van der Waals surface area (Å²) >= 11 is 0. The van der Waals surface area contributed by atoms with Gasteiger partial charge in [-0.15, -0.1) is 0 Å². The maximum atomic E-state index is 8.75. The molecule has 0 atom stereocenters. The third-order valence-corrected chi connectivity index (χ3v) is 3.27. The molecule has 0 saturated heterocycles. The Kier molecular flexibility index (Phi) is 2.59. The molecule has 1 aromatic heterocycles. The highest BCUT2D eigenvalue weighted by Crippen LogP contribution is 2.37.